The highest BCUT2D eigenvalue weighted by Gasteiger charge is 2.21. The molecular formula is C23H19F2N3O3. The average molecular weight is 423 g/mol. The summed E-state index contributed by atoms with van der Waals surface area (Å²) in [5, 5.41) is 8.99. The summed E-state index contributed by atoms with van der Waals surface area (Å²) in [4.78, 5) is 17.2. The van der Waals surface area contributed by atoms with Gasteiger partial charge in [-0.15, -0.1) is 0 Å². The van der Waals surface area contributed by atoms with E-state index in [0.717, 1.165) is 0 Å². The predicted molar refractivity (Wildman–Crippen MR) is 109 cm³/mol. The summed E-state index contributed by atoms with van der Waals surface area (Å²) in [6.07, 6.45) is 0.145. The highest BCUT2D eigenvalue weighted by Crippen LogP contribution is 2.33. The normalized spacial score (nSPS) is 10.3. The second-order valence-corrected chi connectivity index (χ2v) is 6.93. The molecule has 1 aromatic heterocycles. The summed E-state index contributed by atoms with van der Waals surface area (Å²) in [5.41, 5.74) is 0.660. The van der Waals surface area contributed by atoms with Gasteiger partial charge in [-0.2, -0.15) is 10.2 Å². The van der Waals surface area contributed by atoms with Crippen molar-refractivity contribution in [2.75, 3.05) is 14.1 Å². The molecule has 8 heteroatoms. The van der Waals surface area contributed by atoms with Gasteiger partial charge in [0.25, 0.3) is 11.8 Å². The zero-order valence-corrected chi connectivity index (χ0v) is 17.1. The number of carbonyl (C=O) groups excluding carboxylic acids is 1. The lowest BCUT2D eigenvalue weighted by atomic mass is 10.1. The van der Waals surface area contributed by atoms with Gasteiger partial charge in [0.05, 0.1) is 18.1 Å². The number of pyridine rings is 1. The number of aromatic nitrogens is 1. The molecule has 0 fully saturated rings. The molecule has 0 spiro atoms. The minimum atomic E-state index is -0.974. The van der Waals surface area contributed by atoms with Crippen LogP contribution in [0.3, 0.4) is 0 Å². The summed E-state index contributed by atoms with van der Waals surface area (Å²) in [7, 11) is 3.30. The molecule has 0 N–H and O–H groups in total. The van der Waals surface area contributed by atoms with Crippen LogP contribution in [0.5, 0.6) is 23.3 Å². The minimum absolute atomic E-state index is 0.102. The summed E-state index contributed by atoms with van der Waals surface area (Å²) in [5.74, 6) is -2.59. The Balaban J connectivity index is 1.90. The van der Waals surface area contributed by atoms with E-state index in [2.05, 4.69) is 4.98 Å². The Bertz CT molecular complexity index is 1170. The van der Waals surface area contributed by atoms with Crippen molar-refractivity contribution in [2.24, 2.45) is 0 Å². The van der Waals surface area contributed by atoms with Gasteiger partial charge in [-0.25, -0.2) is 8.78 Å². The largest absolute Gasteiger partial charge is 0.436 e. The maximum Gasteiger partial charge on any atom is 0.259 e. The first kappa shape index (κ1) is 21.7. The number of halogens is 2. The third-order valence-corrected chi connectivity index (χ3v) is 4.38. The van der Waals surface area contributed by atoms with Gasteiger partial charge >= 0.3 is 0 Å². The van der Waals surface area contributed by atoms with Crippen molar-refractivity contribution < 1.29 is 23.0 Å². The van der Waals surface area contributed by atoms with E-state index in [1.54, 1.807) is 50.5 Å². The van der Waals surface area contributed by atoms with Gasteiger partial charge in [0.15, 0.2) is 11.6 Å². The molecule has 0 radical (unpaired) electrons. The minimum Gasteiger partial charge on any atom is -0.436 e. The fraction of sp³-hybridized carbons (Fsp3) is 0.174. The maximum absolute atomic E-state index is 14.6. The Labute approximate surface area is 178 Å². The van der Waals surface area contributed by atoms with Crippen molar-refractivity contribution in [1.82, 2.24) is 9.88 Å². The molecule has 158 valence electrons. The monoisotopic (exact) mass is 423 g/mol. The van der Waals surface area contributed by atoms with Gasteiger partial charge in [-0.05, 0) is 42.8 Å². The first-order chi connectivity index (χ1) is 14.8. The Hall–Kier alpha value is -3.99. The molecule has 2 aromatic carbocycles. The van der Waals surface area contributed by atoms with Gasteiger partial charge in [0.2, 0.25) is 5.91 Å². The van der Waals surface area contributed by atoms with Crippen molar-refractivity contribution in [3.8, 4) is 29.3 Å². The van der Waals surface area contributed by atoms with E-state index in [9.17, 15) is 13.6 Å². The van der Waals surface area contributed by atoms with Crippen LogP contribution in [-0.4, -0.2) is 29.9 Å². The molecule has 0 unspecified atom stereocenters. The van der Waals surface area contributed by atoms with Gasteiger partial charge in [-0.1, -0.05) is 18.2 Å². The number of nitrogens with zero attached hydrogens (tertiary/aromatic N) is 3. The van der Waals surface area contributed by atoms with Crippen LogP contribution < -0.4 is 9.47 Å². The van der Waals surface area contributed by atoms with E-state index in [1.807, 2.05) is 6.07 Å². The summed E-state index contributed by atoms with van der Waals surface area (Å²) < 4.78 is 40.1. The molecular weight excluding hydrogens is 404 g/mol. The maximum atomic E-state index is 14.6. The number of ether oxygens (including phenoxy) is 2. The van der Waals surface area contributed by atoms with Crippen molar-refractivity contribution >= 4 is 5.91 Å². The summed E-state index contributed by atoms with van der Waals surface area (Å²) in [6, 6.07) is 14.6. The van der Waals surface area contributed by atoms with Gasteiger partial charge in [0, 0.05) is 19.7 Å². The van der Waals surface area contributed by atoms with E-state index in [0.29, 0.717) is 11.1 Å². The second kappa shape index (κ2) is 9.22. The molecule has 0 aliphatic heterocycles. The number of hydrogen-bond donors (Lipinski definition) is 0. The van der Waals surface area contributed by atoms with Crippen molar-refractivity contribution in [3.63, 3.8) is 0 Å². The predicted octanol–water partition coefficient (Wildman–Crippen LogP) is 4.76. The zero-order chi connectivity index (χ0) is 22.5. The van der Waals surface area contributed by atoms with Gasteiger partial charge in [-0.3, -0.25) is 4.79 Å². The molecule has 1 amide bonds. The van der Waals surface area contributed by atoms with Crippen LogP contribution in [0.4, 0.5) is 8.78 Å². The fourth-order valence-corrected chi connectivity index (χ4v) is 2.65. The van der Waals surface area contributed by atoms with Crippen LogP contribution >= 0.6 is 0 Å². The molecule has 3 rings (SSSR count). The van der Waals surface area contributed by atoms with E-state index >= 15 is 0 Å². The topological polar surface area (TPSA) is 75.5 Å². The molecule has 0 saturated heterocycles. The quantitative estimate of drug-likeness (QED) is 0.572. The standard InChI is InChI=1S/C23H19F2N3O3/c1-14-20(24)22(30-17-8-4-6-15(10-17)12-19(29)28(2)3)27-23(21(14)25)31-18-9-5-7-16(11-18)13-26/h4-11H,12H2,1-3H3. The molecule has 0 bridgehead atoms. The lowest BCUT2D eigenvalue weighted by Crippen LogP contribution is -2.23. The number of rotatable bonds is 6. The Morgan fingerprint density at radius 1 is 1.03 bits per heavy atom. The third kappa shape index (κ3) is 5.14. The number of nitriles is 1. The first-order valence-corrected chi connectivity index (χ1v) is 9.29. The van der Waals surface area contributed by atoms with Crippen molar-refractivity contribution in [1.29, 1.82) is 5.26 Å². The van der Waals surface area contributed by atoms with Crippen LogP contribution in [-0.2, 0) is 11.2 Å². The smallest absolute Gasteiger partial charge is 0.259 e. The molecule has 6 nitrogen and oxygen atoms in total. The lowest BCUT2D eigenvalue weighted by Gasteiger charge is -2.13. The number of likely N-dealkylation sites (N-methyl/N-ethyl adjacent to an activating group) is 1. The molecule has 1 heterocycles. The SMILES string of the molecule is Cc1c(F)c(Oc2cccc(C#N)c2)nc(Oc2cccc(CC(=O)N(C)C)c2)c1F. The molecule has 0 aliphatic rings. The fourth-order valence-electron chi connectivity index (χ4n) is 2.65. The average Bonchev–Trinajstić information content (AvgIpc) is 2.76. The lowest BCUT2D eigenvalue weighted by molar-refractivity contribution is -0.127. The first-order valence-electron chi connectivity index (χ1n) is 9.29. The molecule has 0 saturated carbocycles. The summed E-state index contributed by atoms with van der Waals surface area (Å²) in [6.45, 7) is 1.24. The molecule has 0 atom stereocenters. The Morgan fingerprint density at radius 2 is 1.61 bits per heavy atom. The van der Waals surface area contributed by atoms with Gasteiger partial charge < -0.3 is 14.4 Å². The Kier molecular flexibility index (Phi) is 6.46. The number of carbonyl (C=O) groups is 1. The number of amides is 1. The van der Waals surface area contributed by atoms with E-state index < -0.39 is 23.4 Å². The van der Waals surface area contributed by atoms with Gasteiger partial charge in [0.1, 0.15) is 11.5 Å². The molecule has 31 heavy (non-hydrogen) atoms. The third-order valence-electron chi connectivity index (χ3n) is 4.38. The van der Waals surface area contributed by atoms with Crippen LogP contribution in [0.2, 0.25) is 0 Å². The molecule has 3 aromatic rings. The number of hydrogen-bond acceptors (Lipinski definition) is 5. The van der Waals surface area contributed by atoms with Crippen molar-refractivity contribution in [3.05, 3.63) is 76.9 Å². The highest BCUT2D eigenvalue weighted by atomic mass is 19.1. The zero-order valence-electron chi connectivity index (χ0n) is 17.1. The van der Waals surface area contributed by atoms with Crippen LogP contribution in [0.1, 0.15) is 16.7 Å². The van der Waals surface area contributed by atoms with Crippen molar-refractivity contribution in [2.45, 2.75) is 13.3 Å². The second-order valence-electron chi connectivity index (χ2n) is 6.93. The summed E-state index contributed by atoms with van der Waals surface area (Å²) >= 11 is 0. The van der Waals surface area contributed by atoms with E-state index in [4.69, 9.17) is 14.7 Å². The highest BCUT2D eigenvalue weighted by molar-refractivity contribution is 5.78. The molecule has 0 aliphatic carbocycles. The van der Waals surface area contributed by atoms with E-state index in [-0.39, 0.29) is 29.4 Å². The van der Waals surface area contributed by atoms with Crippen LogP contribution in [0.15, 0.2) is 48.5 Å². The Morgan fingerprint density at radius 3 is 2.19 bits per heavy atom. The van der Waals surface area contributed by atoms with Crippen LogP contribution in [0.25, 0.3) is 0 Å². The van der Waals surface area contributed by atoms with E-state index in [1.165, 1.54) is 24.0 Å². The number of benzene rings is 2. The van der Waals surface area contributed by atoms with Crippen LogP contribution in [0, 0.1) is 29.9 Å².